The lowest BCUT2D eigenvalue weighted by Crippen LogP contribution is -2.40. The Labute approximate surface area is 98.2 Å². The Morgan fingerprint density at radius 2 is 2.12 bits per heavy atom. The van der Waals surface area contributed by atoms with Crippen molar-refractivity contribution < 1.29 is 8.42 Å². The topological polar surface area (TPSA) is 37.4 Å². The Balaban J connectivity index is 2.74. The summed E-state index contributed by atoms with van der Waals surface area (Å²) in [6, 6.07) is 0.0465. The Hall–Kier alpha value is -0.870. The first-order valence-electron chi connectivity index (χ1n) is 5.40. The lowest BCUT2D eigenvalue weighted by atomic mass is 10.0. The fourth-order valence-corrected chi connectivity index (χ4v) is 2.88. The van der Waals surface area contributed by atoms with E-state index >= 15 is 0 Å². The standard InChI is InChI=1S/C12H19NO2S/c1-4-5-6-7-12-8-9-13(11(2)10-12)16(3,14)15/h4-8,11H,9-10H2,1-3H3/b5-4-,7-6-. The van der Waals surface area contributed by atoms with E-state index in [9.17, 15) is 8.42 Å². The third kappa shape index (κ3) is 3.61. The molecule has 0 bridgehead atoms. The van der Waals surface area contributed by atoms with Crippen LogP contribution in [0, 0.1) is 0 Å². The Morgan fingerprint density at radius 3 is 2.62 bits per heavy atom. The van der Waals surface area contributed by atoms with Crippen LogP contribution in [0.4, 0.5) is 0 Å². The highest BCUT2D eigenvalue weighted by molar-refractivity contribution is 7.88. The summed E-state index contributed by atoms with van der Waals surface area (Å²) < 4.78 is 24.4. The van der Waals surface area contributed by atoms with Crippen LogP contribution in [0.5, 0.6) is 0 Å². The zero-order valence-electron chi connectivity index (χ0n) is 10.1. The van der Waals surface area contributed by atoms with E-state index in [1.807, 2.05) is 44.2 Å². The molecule has 16 heavy (non-hydrogen) atoms. The van der Waals surface area contributed by atoms with Crippen LogP contribution in [0.1, 0.15) is 20.3 Å². The minimum Gasteiger partial charge on any atom is -0.212 e. The number of nitrogens with zero attached hydrogens (tertiary/aromatic N) is 1. The number of sulfonamides is 1. The molecule has 1 atom stereocenters. The maximum Gasteiger partial charge on any atom is 0.211 e. The van der Waals surface area contributed by atoms with E-state index in [4.69, 9.17) is 0 Å². The van der Waals surface area contributed by atoms with E-state index in [0.717, 1.165) is 6.42 Å². The number of hydrogen-bond acceptors (Lipinski definition) is 2. The average molecular weight is 241 g/mol. The molecule has 4 heteroatoms. The monoisotopic (exact) mass is 241 g/mol. The fourth-order valence-electron chi connectivity index (χ4n) is 1.80. The summed E-state index contributed by atoms with van der Waals surface area (Å²) in [4.78, 5) is 0. The SMILES string of the molecule is C/C=C\C=C/C1=CCN(S(C)(=O)=O)C(C)C1. The van der Waals surface area contributed by atoms with E-state index in [1.165, 1.54) is 16.1 Å². The lowest BCUT2D eigenvalue weighted by Gasteiger charge is -2.30. The summed E-state index contributed by atoms with van der Waals surface area (Å²) in [7, 11) is -3.07. The van der Waals surface area contributed by atoms with Crippen molar-refractivity contribution in [2.75, 3.05) is 12.8 Å². The second-order valence-electron chi connectivity index (χ2n) is 4.05. The van der Waals surface area contributed by atoms with Crippen LogP contribution in [0.2, 0.25) is 0 Å². The Morgan fingerprint density at radius 1 is 1.44 bits per heavy atom. The van der Waals surface area contributed by atoms with Crippen LogP contribution in [-0.4, -0.2) is 31.6 Å². The van der Waals surface area contributed by atoms with Gasteiger partial charge in [0.05, 0.1) is 6.26 Å². The van der Waals surface area contributed by atoms with Crippen molar-refractivity contribution in [1.29, 1.82) is 0 Å². The zero-order chi connectivity index (χ0) is 12.2. The van der Waals surface area contributed by atoms with Gasteiger partial charge in [0.15, 0.2) is 0 Å². The van der Waals surface area contributed by atoms with Gasteiger partial charge in [0.2, 0.25) is 10.0 Å². The van der Waals surface area contributed by atoms with Gasteiger partial charge in [-0.15, -0.1) is 0 Å². The Kier molecular flexibility index (Phi) is 4.50. The first-order valence-corrected chi connectivity index (χ1v) is 7.25. The van der Waals surface area contributed by atoms with Crippen molar-refractivity contribution in [3.8, 4) is 0 Å². The highest BCUT2D eigenvalue weighted by Gasteiger charge is 2.25. The van der Waals surface area contributed by atoms with Crippen LogP contribution >= 0.6 is 0 Å². The molecule has 0 saturated carbocycles. The first-order chi connectivity index (χ1) is 7.45. The summed E-state index contributed by atoms with van der Waals surface area (Å²) >= 11 is 0. The van der Waals surface area contributed by atoms with Gasteiger partial charge in [-0.1, -0.05) is 30.4 Å². The van der Waals surface area contributed by atoms with Gasteiger partial charge < -0.3 is 0 Å². The molecule has 1 aliphatic heterocycles. The third-order valence-corrected chi connectivity index (χ3v) is 3.96. The molecule has 0 amide bonds. The predicted octanol–water partition coefficient (Wildman–Crippen LogP) is 2.10. The zero-order valence-corrected chi connectivity index (χ0v) is 10.9. The van der Waals surface area contributed by atoms with Crippen LogP contribution in [0.15, 0.2) is 36.0 Å². The second kappa shape index (κ2) is 5.46. The van der Waals surface area contributed by atoms with Crippen molar-refractivity contribution in [2.45, 2.75) is 26.3 Å². The largest absolute Gasteiger partial charge is 0.212 e. The molecule has 0 N–H and O–H groups in total. The van der Waals surface area contributed by atoms with Crippen molar-refractivity contribution in [1.82, 2.24) is 4.31 Å². The average Bonchev–Trinajstić information content (AvgIpc) is 2.16. The molecule has 3 nitrogen and oxygen atoms in total. The molecular formula is C12H19NO2S. The highest BCUT2D eigenvalue weighted by Crippen LogP contribution is 2.20. The van der Waals surface area contributed by atoms with Gasteiger partial charge in [0, 0.05) is 12.6 Å². The van der Waals surface area contributed by atoms with Crippen molar-refractivity contribution in [2.24, 2.45) is 0 Å². The van der Waals surface area contributed by atoms with Gasteiger partial charge in [-0.05, 0) is 25.8 Å². The summed E-state index contributed by atoms with van der Waals surface area (Å²) in [6.07, 6.45) is 12.0. The molecule has 0 radical (unpaired) electrons. The molecule has 0 aromatic rings. The van der Waals surface area contributed by atoms with Gasteiger partial charge in [0.1, 0.15) is 0 Å². The van der Waals surface area contributed by atoms with Crippen LogP contribution < -0.4 is 0 Å². The van der Waals surface area contributed by atoms with E-state index in [1.54, 1.807) is 0 Å². The fraction of sp³-hybridized carbons (Fsp3) is 0.500. The van der Waals surface area contributed by atoms with Crippen LogP contribution in [0.3, 0.4) is 0 Å². The maximum atomic E-state index is 11.4. The second-order valence-corrected chi connectivity index (χ2v) is 5.98. The van der Waals surface area contributed by atoms with Crippen LogP contribution in [0.25, 0.3) is 0 Å². The van der Waals surface area contributed by atoms with E-state index in [2.05, 4.69) is 0 Å². The van der Waals surface area contributed by atoms with Gasteiger partial charge in [-0.2, -0.15) is 4.31 Å². The molecular weight excluding hydrogens is 222 g/mol. The number of rotatable bonds is 3. The molecule has 0 saturated heterocycles. The quantitative estimate of drug-likeness (QED) is 0.710. The smallest absolute Gasteiger partial charge is 0.211 e. The van der Waals surface area contributed by atoms with Gasteiger partial charge in [0.25, 0.3) is 0 Å². The summed E-state index contributed by atoms with van der Waals surface area (Å²) in [5, 5.41) is 0. The van der Waals surface area contributed by atoms with Crippen molar-refractivity contribution in [3.63, 3.8) is 0 Å². The van der Waals surface area contributed by atoms with Crippen molar-refractivity contribution >= 4 is 10.0 Å². The third-order valence-electron chi connectivity index (χ3n) is 2.60. The lowest BCUT2D eigenvalue weighted by molar-refractivity contribution is 0.350. The maximum absolute atomic E-state index is 11.4. The predicted molar refractivity (Wildman–Crippen MR) is 67.7 cm³/mol. The molecule has 90 valence electrons. The molecule has 0 fully saturated rings. The molecule has 1 unspecified atom stereocenters. The van der Waals surface area contributed by atoms with Crippen molar-refractivity contribution in [3.05, 3.63) is 36.0 Å². The number of hydrogen-bond donors (Lipinski definition) is 0. The molecule has 1 heterocycles. The van der Waals surface area contributed by atoms with Gasteiger partial charge in [-0.25, -0.2) is 8.42 Å². The van der Waals surface area contributed by atoms with Gasteiger partial charge >= 0.3 is 0 Å². The van der Waals surface area contributed by atoms with E-state index in [0.29, 0.717) is 6.54 Å². The van der Waals surface area contributed by atoms with Gasteiger partial charge in [-0.3, -0.25) is 0 Å². The van der Waals surface area contributed by atoms with E-state index < -0.39 is 10.0 Å². The Bertz CT molecular complexity index is 418. The molecule has 0 aromatic carbocycles. The van der Waals surface area contributed by atoms with Crippen LogP contribution in [-0.2, 0) is 10.0 Å². The highest BCUT2D eigenvalue weighted by atomic mass is 32.2. The molecule has 1 rings (SSSR count). The minimum absolute atomic E-state index is 0.0465. The summed E-state index contributed by atoms with van der Waals surface area (Å²) in [6.45, 7) is 4.39. The normalized spacial score (nSPS) is 24.2. The molecule has 0 aliphatic carbocycles. The first kappa shape index (κ1) is 13.2. The molecule has 0 spiro atoms. The summed E-state index contributed by atoms with van der Waals surface area (Å²) in [5.74, 6) is 0. The summed E-state index contributed by atoms with van der Waals surface area (Å²) in [5.41, 5.74) is 1.20. The van der Waals surface area contributed by atoms with E-state index in [-0.39, 0.29) is 6.04 Å². The molecule has 0 aromatic heterocycles. The molecule has 1 aliphatic rings. The number of allylic oxidation sites excluding steroid dienone is 4. The minimum atomic E-state index is -3.07.